The Morgan fingerprint density at radius 3 is 2.68 bits per heavy atom. The third kappa shape index (κ3) is 5.51. The van der Waals surface area contributed by atoms with Crippen molar-refractivity contribution in [2.24, 2.45) is 0 Å². The van der Waals surface area contributed by atoms with Gasteiger partial charge in [0.25, 0.3) is 0 Å². The molecule has 0 unspecified atom stereocenters. The monoisotopic (exact) mass is 438 g/mol. The fourth-order valence-electron chi connectivity index (χ4n) is 3.37. The zero-order valence-electron chi connectivity index (χ0n) is 17.2. The van der Waals surface area contributed by atoms with E-state index < -0.39 is 0 Å². The average Bonchev–Trinajstić information content (AvgIpc) is 3.27. The molecule has 2 aromatic carbocycles. The summed E-state index contributed by atoms with van der Waals surface area (Å²) in [7, 11) is 1.63. The highest BCUT2D eigenvalue weighted by Gasteiger charge is 2.21. The molecule has 0 atom stereocenters. The van der Waals surface area contributed by atoms with Gasteiger partial charge < -0.3 is 14.2 Å². The van der Waals surface area contributed by atoms with Gasteiger partial charge >= 0.3 is 0 Å². The second kappa shape index (κ2) is 9.76. The Morgan fingerprint density at radius 1 is 1.16 bits per heavy atom. The number of rotatable bonds is 6. The number of nitrogens with zero attached hydrogens (tertiary/aromatic N) is 4. The van der Waals surface area contributed by atoms with E-state index in [4.69, 9.17) is 20.9 Å². The Kier molecular flexibility index (Phi) is 6.64. The van der Waals surface area contributed by atoms with E-state index in [2.05, 4.69) is 15.0 Å². The molecule has 1 aliphatic rings. The van der Waals surface area contributed by atoms with Gasteiger partial charge in [-0.2, -0.15) is 4.98 Å². The van der Waals surface area contributed by atoms with E-state index in [1.165, 1.54) is 0 Å². The molecule has 8 heteroatoms. The molecule has 3 aromatic rings. The number of carbonyl (C=O) groups is 1. The molecule has 0 aliphatic carbocycles. The van der Waals surface area contributed by atoms with E-state index in [0.29, 0.717) is 36.4 Å². The molecule has 0 radical (unpaired) electrons. The van der Waals surface area contributed by atoms with Gasteiger partial charge in [0.2, 0.25) is 17.6 Å². The van der Waals surface area contributed by atoms with Crippen molar-refractivity contribution in [3.8, 4) is 17.1 Å². The van der Waals surface area contributed by atoms with Crippen LogP contribution >= 0.6 is 11.6 Å². The molecule has 0 bridgehead atoms. The first-order valence-electron chi connectivity index (χ1n) is 10.0. The van der Waals surface area contributed by atoms with Crippen LogP contribution in [0.4, 0.5) is 0 Å². The highest BCUT2D eigenvalue weighted by molar-refractivity contribution is 6.30. The van der Waals surface area contributed by atoms with Gasteiger partial charge in [-0.1, -0.05) is 28.9 Å². The molecule has 1 amide bonds. The summed E-state index contributed by atoms with van der Waals surface area (Å²) in [6.07, 6.45) is 3.43. The summed E-state index contributed by atoms with van der Waals surface area (Å²) in [6.45, 7) is 3.36. The summed E-state index contributed by atoms with van der Waals surface area (Å²) < 4.78 is 10.6. The number of halogens is 1. The number of benzene rings is 2. The average molecular weight is 439 g/mol. The molecule has 1 fully saturated rings. The molecule has 2 heterocycles. The maximum absolute atomic E-state index is 12.5. The third-order valence-electron chi connectivity index (χ3n) is 5.13. The van der Waals surface area contributed by atoms with E-state index in [0.717, 1.165) is 30.0 Å². The summed E-state index contributed by atoms with van der Waals surface area (Å²) in [5.74, 6) is 1.87. The number of piperazine rings is 1. The van der Waals surface area contributed by atoms with E-state index in [1.807, 2.05) is 47.4 Å². The minimum absolute atomic E-state index is 0.00489. The molecule has 160 valence electrons. The minimum atomic E-state index is 0.00489. The molecule has 0 spiro atoms. The number of carbonyl (C=O) groups excluding carboxylic acids is 1. The van der Waals surface area contributed by atoms with Crippen LogP contribution in [0.3, 0.4) is 0 Å². The first-order valence-corrected chi connectivity index (χ1v) is 10.4. The molecular weight excluding hydrogens is 416 g/mol. The molecule has 7 nitrogen and oxygen atoms in total. The predicted octanol–water partition coefficient (Wildman–Crippen LogP) is 3.76. The van der Waals surface area contributed by atoms with Crippen LogP contribution in [0.25, 0.3) is 17.5 Å². The molecular formula is C23H23ClN4O3. The second-order valence-corrected chi connectivity index (χ2v) is 7.67. The fourth-order valence-corrected chi connectivity index (χ4v) is 3.50. The minimum Gasteiger partial charge on any atom is -0.497 e. The first-order chi connectivity index (χ1) is 15.1. The summed E-state index contributed by atoms with van der Waals surface area (Å²) in [5.41, 5.74) is 1.79. The molecule has 1 aliphatic heterocycles. The zero-order chi connectivity index (χ0) is 21.6. The van der Waals surface area contributed by atoms with Crippen molar-refractivity contribution in [3.63, 3.8) is 0 Å². The number of aromatic nitrogens is 2. The quantitative estimate of drug-likeness (QED) is 0.546. The Hall–Kier alpha value is -3.16. The maximum atomic E-state index is 12.5. The summed E-state index contributed by atoms with van der Waals surface area (Å²) in [4.78, 5) is 21.0. The highest BCUT2D eigenvalue weighted by Crippen LogP contribution is 2.19. The topological polar surface area (TPSA) is 71.7 Å². The summed E-state index contributed by atoms with van der Waals surface area (Å²) >= 11 is 5.92. The van der Waals surface area contributed by atoms with Gasteiger partial charge in [0.05, 0.1) is 13.7 Å². The number of hydrogen-bond acceptors (Lipinski definition) is 6. The van der Waals surface area contributed by atoms with Crippen LogP contribution < -0.4 is 4.74 Å². The lowest BCUT2D eigenvalue weighted by Crippen LogP contribution is -2.47. The molecule has 31 heavy (non-hydrogen) atoms. The van der Waals surface area contributed by atoms with E-state index in [9.17, 15) is 4.79 Å². The normalized spacial score (nSPS) is 14.8. The van der Waals surface area contributed by atoms with Gasteiger partial charge in [-0.25, -0.2) is 0 Å². The van der Waals surface area contributed by atoms with Gasteiger partial charge in [-0.3, -0.25) is 9.69 Å². The number of amides is 1. The maximum Gasteiger partial charge on any atom is 0.246 e. The van der Waals surface area contributed by atoms with E-state index in [1.54, 1.807) is 25.3 Å². The molecule has 1 saturated heterocycles. The second-order valence-electron chi connectivity index (χ2n) is 7.23. The zero-order valence-corrected chi connectivity index (χ0v) is 18.0. The van der Waals surface area contributed by atoms with Gasteiger partial charge in [0.1, 0.15) is 5.75 Å². The molecule has 0 saturated carbocycles. The predicted molar refractivity (Wildman–Crippen MR) is 119 cm³/mol. The molecule has 1 aromatic heterocycles. The van der Waals surface area contributed by atoms with Crippen molar-refractivity contribution < 1.29 is 14.1 Å². The van der Waals surface area contributed by atoms with Crippen LogP contribution in [0, 0.1) is 0 Å². The Morgan fingerprint density at radius 2 is 1.94 bits per heavy atom. The lowest BCUT2D eigenvalue weighted by Gasteiger charge is -2.33. The number of ether oxygens (including phenoxy) is 1. The lowest BCUT2D eigenvalue weighted by atomic mass is 10.2. The Bertz CT molecular complexity index is 1060. The largest absolute Gasteiger partial charge is 0.497 e. The van der Waals surface area contributed by atoms with Crippen molar-refractivity contribution in [2.75, 3.05) is 33.3 Å². The van der Waals surface area contributed by atoms with Crippen molar-refractivity contribution >= 4 is 23.6 Å². The van der Waals surface area contributed by atoms with Gasteiger partial charge in [0, 0.05) is 42.8 Å². The highest BCUT2D eigenvalue weighted by atomic mass is 35.5. The van der Waals surface area contributed by atoms with E-state index in [-0.39, 0.29) is 5.91 Å². The third-order valence-corrected chi connectivity index (χ3v) is 5.38. The van der Waals surface area contributed by atoms with Crippen LogP contribution in [-0.4, -0.2) is 59.1 Å². The van der Waals surface area contributed by atoms with Crippen LogP contribution in [-0.2, 0) is 11.3 Å². The first kappa shape index (κ1) is 21.1. The van der Waals surface area contributed by atoms with Crippen molar-refractivity contribution in [1.29, 1.82) is 0 Å². The van der Waals surface area contributed by atoms with Crippen molar-refractivity contribution in [1.82, 2.24) is 19.9 Å². The fraction of sp³-hybridized carbons (Fsp3) is 0.261. The lowest BCUT2D eigenvalue weighted by molar-refractivity contribution is -0.127. The van der Waals surface area contributed by atoms with Crippen LogP contribution in [0.5, 0.6) is 5.75 Å². The SMILES string of the molecule is COc1cccc(/C=C/C(=O)N2CCN(Cc3nc(-c4ccc(Cl)cc4)no3)CC2)c1. The smallest absolute Gasteiger partial charge is 0.246 e. The van der Waals surface area contributed by atoms with Gasteiger partial charge in [-0.05, 0) is 48.0 Å². The van der Waals surface area contributed by atoms with Crippen molar-refractivity contribution in [2.45, 2.75) is 6.54 Å². The standard InChI is InChI=1S/C23H23ClN4O3/c1-30-20-4-2-3-17(15-20)5-10-22(29)28-13-11-27(12-14-28)16-21-25-23(26-31-21)18-6-8-19(24)9-7-18/h2-10,15H,11-14,16H2,1H3/b10-5+. The van der Waals surface area contributed by atoms with Crippen LogP contribution in [0.2, 0.25) is 5.02 Å². The van der Waals surface area contributed by atoms with Gasteiger partial charge in [-0.15, -0.1) is 0 Å². The molecule has 4 rings (SSSR count). The number of hydrogen-bond donors (Lipinski definition) is 0. The van der Waals surface area contributed by atoms with Crippen molar-refractivity contribution in [3.05, 3.63) is 71.1 Å². The van der Waals surface area contributed by atoms with Crippen LogP contribution in [0.15, 0.2) is 59.1 Å². The Labute approximate surface area is 185 Å². The summed E-state index contributed by atoms with van der Waals surface area (Å²) in [5, 5.41) is 4.72. The van der Waals surface area contributed by atoms with E-state index >= 15 is 0 Å². The number of methoxy groups -OCH3 is 1. The Balaban J connectivity index is 1.28. The molecule has 0 N–H and O–H groups in total. The van der Waals surface area contributed by atoms with Crippen LogP contribution in [0.1, 0.15) is 11.5 Å². The summed E-state index contributed by atoms with van der Waals surface area (Å²) in [6, 6.07) is 14.9. The van der Waals surface area contributed by atoms with Gasteiger partial charge in [0.15, 0.2) is 0 Å².